The van der Waals surface area contributed by atoms with Gasteiger partial charge in [-0.3, -0.25) is 10.1 Å². The van der Waals surface area contributed by atoms with Crippen LogP contribution in [0.2, 0.25) is 0 Å². The van der Waals surface area contributed by atoms with Crippen LogP contribution in [0.3, 0.4) is 0 Å². The number of hydrogen-bond acceptors (Lipinski definition) is 4. The summed E-state index contributed by atoms with van der Waals surface area (Å²) >= 11 is 3.49. The predicted molar refractivity (Wildman–Crippen MR) is 74.8 cm³/mol. The van der Waals surface area contributed by atoms with Crippen molar-refractivity contribution in [3.63, 3.8) is 0 Å². The van der Waals surface area contributed by atoms with E-state index in [-0.39, 0.29) is 22.8 Å². The Kier molecular flexibility index (Phi) is 4.93. The average Bonchev–Trinajstić information content (AvgIpc) is 2.38. The van der Waals surface area contributed by atoms with Crippen molar-refractivity contribution >= 4 is 21.6 Å². The van der Waals surface area contributed by atoms with E-state index in [1.807, 2.05) is 6.92 Å². The van der Waals surface area contributed by atoms with Crippen molar-refractivity contribution in [3.8, 4) is 5.75 Å². The lowest BCUT2D eigenvalue weighted by Crippen LogP contribution is -2.52. The molecule has 0 aliphatic heterocycles. The van der Waals surface area contributed by atoms with Gasteiger partial charge in [0.2, 0.25) is 5.82 Å². The third kappa shape index (κ3) is 3.27. The Bertz CT molecular complexity index is 499. The normalized spacial score (nSPS) is 25.1. The average molecular weight is 348 g/mol. The molecular formula is C13H15BrFNO4. The Hall–Kier alpha value is -1.21. The van der Waals surface area contributed by atoms with Crippen LogP contribution in [0, 0.1) is 15.9 Å². The second kappa shape index (κ2) is 6.49. The molecule has 1 aliphatic rings. The molecule has 1 aromatic rings. The molecule has 1 fully saturated rings. The number of rotatable bonds is 6. The van der Waals surface area contributed by atoms with Gasteiger partial charge in [0.15, 0.2) is 0 Å². The number of nitro groups is 1. The molecule has 0 amide bonds. The SMILES string of the molecule is CCCOC1C(Br)CC1Oc1ccc([N+](=O)[O-])c(F)c1. The Labute approximate surface area is 124 Å². The maximum atomic E-state index is 13.5. The van der Waals surface area contributed by atoms with Crippen LogP contribution < -0.4 is 4.74 Å². The third-order valence-electron chi connectivity index (χ3n) is 3.10. The fourth-order valence-electron chi connectivity index (χ4n) is 1.99. The molecule has 2 rings (SSSR count). The van der Waals surface area contributed by atoms with E-state index < -0.39 is 16.4 Å². The molecule has 0 aromatic heterocycles. The lowest BCUT2D eigenvalue weighted by Gasteiger charge is -2.40. The number of alkyl halides is 1. The highest BCUT2D eigenvalue weighted by Crippen LogP contribution is 2.35. The van der Waals surface area contributed by atoms with Crippen LogP contribution in [-0.2, 0) is 4.74 Å². The van der Waals surface area contributed by atoms with Gasteiger partial charge >= 0.3 is 5.69 Å². The van der Waals surface area contributed by atoms with E-state index in [1.54, 1.807) is 0 Å². The molecule has 7 heteroatoms. The summed E-state index contributed by atoms with van der Waals surface area (Å²) in [7, 11) is 0. The van der Waals surface area contributed by atoms with Crippen LogP contribution in [0.4, 0.5) is 10.1 Å². The highest BCUT2D eigenvalue weighted by Gasteiger charge is 2.42. The summed E-state index contributed by atoms with van der Waals surface area (Å²) in [4.78, 5) is 10.00. The van der Waals surface area contributed by atoms with Crippen LogP contribution in [-0.4, -0.2) is 28.6 Å². The lowest BCUT2D eigenvalue weighted by atomic mass is 9.91. The molecule has 0 N–H and O–H groups in total. The quantitative estimate of drug-likeness (QED) is 0.449. The van der Waals surface area contributed by atoms with Gasteiger partial charge in [-0.05, 0) is 12.5 Å². The molecule has 0 spiro atoms. The summed E-state index contributed by atoms with van der Waals surface area (Å²) in [5, 5.41) is 10.5. The van der Waals surface area contributed by atoms with Gasteiger partial charge in [-0.2, -0.15) is 4.39 Å². The monoisotopic (exact) mass is 347 g/mol. The molecule has 1 saturated carbocycles. The van der Waals surface area contributed by atoms with E-state index in [4.69, 9.17) is 9.47 Å². The molecule has 3 atom stereocenters. The van der Waals surface area contributed by atoms with Crippen LogP contribution in [0.5, 0.6) is 5.75 Å². The van der Waals surface area contributed by atoms with Gasteiger partial charge in [-0.15, -0.1) is 0 Å². The van der Waals surface area contributed by atoms with Gasteiger partial charge in [-0.25, -0.2) is 0 Å². The molecule has 0 bridgehead atoms. The smallest absolute Gasteiger partial charge is 0.305 e. The van der Waals surface area contributed by atoms with E-state index in [0.29, 0.717) is 6.61 Å². The zero-order valence-corrected chi connectivity index (χ0v) is 12.5. The van der Waals surface area contributed by atoms with E-state index in [2.05, 4.69) is 15.9 Å². The summed E-state index contributed by atoms with van der Waals surface area (Å²) in [5.74, 6) is -0.615. The highest BCUT2D eigenvalue weighted by molar-refractivity contribution is 9.09. The summed E-state index contributed by atoms with van der Waals surface area (Å²) in [6.45, 7) is 2.66. The van der Waals surface area contributed by atoms with Crippen LogP contribution >= 0.6 is 15.9 Å². The number of halogens is 2. The fourth-order valence-corrected chi connectivity index (χ4v) is 2.85. The first-order valence-corrected chi connectivity index (χ1v) is 7.30. The zero-order valence-electron chi connectivity index (χ0n) is 10.9. The van der Waals surface area contributed by atoms with E-state index >= 15 is 0 Å². The molecule has 1 aliphatic carbocycles. The Morgan fingerprint density at radius 3 is 2.85 bits per heavy atom. The maximum absolute atomic E-state index is 13.5. The van der Waals surface area contributed by atoms with Crippen molar-refractivity contribution in [3.05, 3.63) is 34.1 Å². The molecule has 20 heavy (non-hydrogen) atoms. The standard InChI is InChI=1S/C13H15BrFNO4/c1-2-5-19-13-9(14)7-12(13)20-8-3-4-11(16(17)18)10(15)6-8/h3-4,6,9,12-13H,2,5,7H2,1H3. The first kappa shape index (κ1) is 15.2. The summed E-state index contributed by atoms with van der Waals surface area (Å²) < 4.78 is 24.8. The maximum Gasteiger partial charge on any atom is 0.305 e. The van der Waals surface area contributed by atoms with E-state index in [1.165, 1.54) is 6.07 Å². The minimum Gasteiger partial charge on any atom is -0.488 e. The number of nitrogens with zero attached hydrogens (tertiary/aromatic N) is 1. The molecule has 0 saturated heterocycles. The van der Waals surface area contributed by atoms with Crippen molar-refractivity contribution in [2.24, 2.45) is 0 Å². The Balaban J connectivity index is 2.00. The summed E-state index contributed by atoms with van der Waals surface area (Å²) in [6.07, 6.45) is 1.43. The largest absolute Gasteiger partial charge is 0.488 e. The summed E-state index contributed by atoms with van der Waals surface area (Å²) in [5.41, 5.74) is -0.553. The second-order valence-electron chi connectivity index (χ2n) is 4.61. The van der Waals surface area contributed by atoms with Gasteiger partial charge in [0, 0.05) is 30.0 Å². The van der Waals surface area contributed by atoms with Crippen molar-refractivity contribution in [1.82, 2.24) is 0 Å². The molecular weight excluding hydrogens is 333 g/mol. The molecule has 3 unspecified atom stereocenters. The Morgan fingerprint density at radius 2 is 2.30 bits per heavy atom. The number of nitro benzene ring substituents is 1. The minimum atomic E-state index is -0.895. The number of hydrogen-bond donors (Lipinski definition) is 0. The van der Waals surface area contributed by atoms with Crippen LogP contribution in [0.1, 0.15) is 19.8 Å². The highest BCUT2D eigenvalue weighted by atomic mass is 79.9. The van der Waals surface area contributed by atoms with Crippen molar-refractivity contribution in [1.29, 1.82) is 0 Å². The first-order valence-electron chi connectivity index (χ1n) is 6.39. The third-order valence-corrected chi connectivity index (χ3v) is 3.99. The molecule has 0 radical (unpaired) electrons. The van der Waals surface area contributed by atoms with Crippen molar-refractivity contribution in [2.45, 2.75) is 36.8 Å². The van der Waals surface area contributed by atoms with Gasteiger partial charge in [0.05, 0.1) is 4.92 Å². The van der Waals surface area contributed by atoms with Crippen molar-refractivity contribution < 1.29 is 18.8 Å². The molecule has 5 nitrogen and oxygen atoms in total. The van der Waals surface area contributed by atoms with E-state index in [0.717, 1.165) is 25.0 Å². The first-order chi connectivity index (χ1) is 9.52. The lowest BCUT2D eigenvalue weighted by molar-refractivity contribution is -0.387. The number of ether oxygens (including phenoxy) is 2. The molecule has 110 valence electrons. The Morgan fingerprint density at radius 1 is 1.55 bits per heavy atom. The van der Waals surface area contributed by atoms with Crippen LogP contribution in [0.25, 0.3) is 0 Å². The van der Waals surface area contributed by atoms with Gasteiger partial charge in [0.1, 0.15) is 18.0 Å². The van der Waals surface area contributed by atoms with Crippen molar-refractivity contribution in [2.75, 3.05) is 6.61 Å². The van der Waals surface area contributed by atoms with Gasteiger partial charge in [-0.1, -0.05) is 22.9 Å². The van der Waals surface area contributed by atoms with Crippen LogP contribution in [0.15, 0.2) is 18.2 Å². The molecule has 0 heterocycles. The fraction of sp³-hybridized carbons (Fsp3) is 0.538. The van der Waals surface area contributed by atoms with Gasteiger partial charge < -0.3 is 9.47 Å². The zero-order chi connectivity index (χ0) is 14.7. The van der Waals surface area contributed by atoms with E-state index in [9.17, 15) is 14.5 Å². The second-order valence-corrected chi connectivity index (χ2v) is 5.79. The summed E-state index contributed by atoms with van der Waals surface area (Å²) in [6, 6.07) is 3.55. The minimum absolute atomic E-state index is 0.0757. The molecule has 1 aromatic carbocycles. The topological polar surface area (TPSA) is 61.6 Å². The predicted octanol–water partition coefficient (Wildman–Crippen LogP) is 3.44. The van der Waals surface area contributed by atoms with Gasteiger partial charge in [0.25, 0.3) is 0 Å². The number of benzene rings is 1.